The summed E-state index contributed by atoms with van der Waals surface area (Å²) in [5.74, 6) is 0.811. The van der Waals surface area contributed by atoms with Crippen molar-refractivity contribution in [3.63, 3.8) is 0 Å². The lowest BCUT2D eigenvalue weighted by Gasteiger charge is -2.34. The highest BCUT2D eigenvalue weighted by atomic mass is 35.5. The molecule has 26 heavy (non-hydrogen) atoms. The fourth-order valence-electron chi connectivity index (χ4n) is 3.22. The third-order valence-corrected chi connectivity index (χ3v) is 4.59. The van der Waals surface area contributed by atoms with Crippen molar-refractivity contribution in [1.82, 2.24) is 20.6 Å². The molecule has 1 saturated heterocycles. The molecule has 2 N–H and O–H groups in total. The molecule has 0 radical (unpaired) electrons. The fourth-order valence-corrected chi connectivity index (χ4v) is 3.22. The molecule has 0 bridgehead atoms. The lowest BCUT2D eigenvalue weighted by Crippen LogP contribution is -2.44. The van der Waals surface area contributed by atoms with E-state index in [9.17, 15) is 0 Å². The first-order chi connectivity index (χ1) is 11.8. The van der Waals surface area contributed by atoms with Gasteiger partial charge in [-0.25, -0.2) is 9.97 Å². The number of aromatic nitrogens is 2. The Morgan fingerprint density at radius 2 is 1.88 bits per heavy atom. The summed E-state index contributed by atoms with van der Waals surface area (Å²) < 4.78 is 0. The molecule has 144 valence electrons. The quantitative estimate of drug-likeness (QED) is 0.733. The molecule has 0 unspecified atom stereocenters. The Morgan fingerprint density at radius 3 is 2.58 bits per heavy atom. The van der Waals surface area contributed by atoms with E-state index in [0.717, 1.165) is 43.3 Å². The van der Waals surface area contributed by atoms with Crippen molar-refractivity contribution in [2.75, 3.05) is 38.1 Å². The molecule has 1 aromatic heterocycles. The number of rotatable bonds is 6. The van der Waals surface area contributed by atoms with Crippen molar-refractivity contribution >= 4 is 30.5 Å². The molecule has 1 aromatic carbocycles. The Labute approximate surface area is 168 Å². The van der Waals surface area contributed by atoms with Crippen LogP contribution in [0.3, 0.4) is 0 Å². The van der Waals surface area contributed by atoms with Crippen LogP contribution in [0.1, 0.15) is 18.7 Å². The molecule has 5 nitrogen and oxygen atoms in total. The van der Waals surface area contributed by atoms with Crippen LogP contribution in [0.25, 0.3) is 11.3 Å². The number of hydrogen-bond acceptors (Lipinski definition) is 5. The van der Waals surface area contributed by atoms with Crippen LogP contribution in [-0.2, 0) is 0 Å². The van der Waals surface area contributed by atoms with Gasteiger partial charge in [-0.3, -0.25) is 0 Å². The van der Waals surface area contributed by atoms with E-state index in [4.69, 9.17) is 0 Å². The second-order valence-electron chi connectivity index (χ2n) is 6.36. The number of aryl methyl sites for hydroxylation is 1. The van der Waals surface area contributed by atoms with Gasteiger partial charge in [-0.1, -0.05) is 12.1 Å². The topological polar surface area (TPSA) is 53.1 Å². The number of nitrogens with one attached hydrogen (secondary N) is 2. The Morgan fingerprint density at radius 1 is 1.12 bits per heavy atom. The van der Waals surface area contributed by atoms with Crippen LogP contribution in [0, 0.1) is 6.92 Å². The third-order valence-electron chi connectivity index (χ3n) is 4.59. The minimum Gasteiger partial charge on any atom is -0.371 e. The minimum absolute atomic E-state index is 0. The molecular formula is C19H29Cl2N5. The van der Waals surface area contributed by atoms with Gasteiger partial charge in [0.1, 0.15) is 5.82 Å². The average Bonchev–Trinajstić information content (AvgIpc) is 2.63. The van der Waals surface area contributed by atoms with Gasteiger partial charge in [-0.15, -0.1) is 24.8 Å². The van der Waals surface area contributed by atoms with Gasteiger partial charge in [0.05, 0.1) is 5.69 Å². The molecule has 2 aromatic rings. The monoisotopic (exact) mass is 397 g/mol. The average molecular weight is 398 g/mol. The van der Waals surface area contributed by atoms with Crippen LogP contribution in [-0.4, -0.2) is 49.2 Å². The number of likely N-dealkylation sites (N-methyl/N-ethyl adjacent to an activating group) is 1. The zero-order valence-corrected chi connectivity index (χ0v) is 17.1. The molecule has 2 heterocycles. The molecular weight excluding hydrogens is 369 g/mol. The van der Waals surface area contributed by atoms with Crippen molar-refractivity contribution < 1.29 is 0 Å². The maximum atomic E-state index is 4.54. The predicted molar refractivity (Wildman–Crippen MR) is 114 cm³/mol. The van der Waals surface area contributed by atoms with Crippen molar-refractivity contribution in [2.45, 2.75) is 25.8 Å². The van der Waals surface area contributed by atoms with E-state index in [1.807, 2.05) is 26.2 Å². The van der Waals surface area contributed by atoms with Crippen molar-refractivity contribution in [3.05, 3.63) is 42.4 Å². The molecule has 0 amide bonds. The van der Waals surface area contributed by atoms with Crippen LogP contribution in [0.2, 0.25) is 0 Å². The Hall–Kier alpha value is -1.40. The summed E-state index contributed by atoms with van der Waals surface area (Å²) in [6.07, 6.45) is 4.22. The van der Waals surface area contributed by atoms with Crippen molar-refractivity contribution in [3.8, 4) is 11.3 Å². The van der Waals surface area contributed by atoms with Crippen LogP contribution in [0.5, 0.6) is 0 Å². The number of halogens is 2. The smallest absolute Gasteiger partial charge is 0.125 e. The van der Waals surface area contributed by atoms with Gasteiger partial charge in [-0.2, -0.15) is 0 Å². The van der Waals surface area contributed by atoms with Crippen LogP contribution in [0.15, 0.2) is 36.5 Å². The van der Waals surface area contributed by atoms with E-state index in [-0.39, 0.29) is 24.8 Å². The Bertz CT molecular complexity index is 660. The zero-order valence-electron chi connectivity index (χ0n) is 15.4. The van der Waals surface area contributed by atoms with E-state index < -0.39 is 0 Å². The molecule has 0 spiro atoms. The number of benzene rings is 1. The highest BCUT2D eigenvalue weighted by Crippen LogP contribution is 2.25. The molecule has 0 aliphatic carbocycles. The van der Waals surface area contributed by atoms with Gasteiger partial charge in [0.25, 0.3) is 0 Å². The summed E-state index contributed by atoms with van der Waals surface area (Å²) in [7, 11) is 2.00. The zero-order chi connectivity index (χ0) is 16.8. The lowest BCUT2D eigenvalue weighted by molar-refractivity contribution is 0.415. The van der Waals surface area contributed by atoms with Gasteiger partial charge in [0.2, 0.25) is 0 Å². The molecule has 1 fully saturated rings. The van der Waals surface area contributed by atoms with E-state index >= 15 is 0 Å². The summed E-state index contributed by atoms with van der Waals surface area (Å²) in [5, 5.41) is 6.82. The first-order valence-corrected chi connectivity index (χ1v) is 8.79. The summed E-state index contributed by atoms with van der Waals surface area (Å²) in [6.45, 7) is 6.20. The van der Waals surface area contributed by atoms with Gasteiger partial charge < -0.3 is 15.5 Å². The van der Waals surface area contributed by atoms with E-state index in [1.54, 1.807) is 0 Å². The number of anilines is 1. The summed E-state index contributed by atoms with van der Waals surface area (Å²) in [4.78, 5) is 11.2. The fraction of sp³-hybridized carbons (Fsp3) is 0.474. The van der Waals surface area contributed by atoms with E-state index in [2.05, 4.69) is 49.8 Å². The van der Waals surface area contributed by atoms with Crippen molar-refractivity contribution in [1.29, 1.82) is 0 Å². The molecule has 0 atom stereocenters. The number of nitrogens with zero attached hydrogens (tertiary/aromatic N) is 3. The molecule has 7 heteroatoms. The number of piperidine rings is 1. The normalized spacial score (nSPS) is 14.5. The summed E-state index contributed by atoms with van der Waals surface area (Å²) >= 11 is 0. The molecule has 1 aliphatic rings. The van der Waals surface area contributed by atoms with Gasteiger partial charge in [0.15, 0.2) is 0 Å². The lowest BCUT2D eigenvalue weighted by atomic mass is 10.0. The predicted octanol–water partition coefficient (Wildman–Crippen LogP) is 3.07. The Balaban J connectivity index is 0.00000169. The van der Waals surface area contributed by atoms with Crippen LogP contribution < -0.4 is 15.5 Å². The van der Waals surface area contributed by atoms with Crippen molar-refractivity contribution in [2.24, 2.45) is 0 Å². The van der Waals surface area contributed by atoms with Crippen LogP contribution in [0.4, 0.5) is 5.69 Å². The van der Waals surface area contributed by atoms with Gasteiger partial charge >= 0.3 is 0 Å². The second-order valence-corrected chi connectivity index (χ2v) is 6.36. The molecule has 0 saturated carbocycles. The highest BCUT2D eigenvalue weighted by molar-refractivity contribution is 5.85. The summed E-state index contributed by atoms with van der Waals surface area (Å²) in [5.41, 5.74) is 3.44. The Kier molecular flexibility index (Phi) is 9.88. The second kappa shape index (κ2) is 11.3. The maximum absolute atomic E-state index is 4.54. The molecule has 3 rings (SSSR count). The van der Waals surface area contributed by atoms with Gasteiger partial charge in [0, 0.05) is 49.7 Å². The van der Waals surface area contributed by atoms with E-state index in [1.165, 1.54) is 18.5 Å². The minimum atomic E-state index is 0. The maximum Gasteiger partial charge on any atom is 0.125 e. The summed E-state index contributed by atoms with van der Waals surface area (Å²) in [6, 6.07) is 11.3. The third kappa shape index (κ3) is 6.09. The SMILES string of the molecule is CNCCNC1CCN(c2cccc(-c3ccnc(C)n3)c2)CC1.Cl.Cl. The largest absolute Gasteiger partial charge is 0.371 e. The first kappa shape index (κ1) is 22.6. The molecule has 1 aliphatic heterocycles. The first-order valence-electron chi connectivity index (χ1n) is 8.79. The highest BCUT2D eigenvalue weighted by Gasteiger charge is 2.19. The number of hydrogen-bond donors (Lipinski definition) is 2. The van der Waals surface area contributed by atoms with E-state index in [0.29, 0.717) is 6.04 Å². The van der Waals surface area contributed by atoms with Gasteiger partial charge in [-0.05, 0) is 45.0 Å². The standard InChI is InChI=1S/C19H27N5.2ClH/c1-15-21-9-6-19(23-15)16-4-3-5-18(14-16)24-12-7-17(8-13-24)22-11-10-20-2;;/h3-6,9,14,17,20,22H,7-8,10-13H2,1-2H3;2*1H. The van der Waals surface area contributed by atoms with Crippen LogP contribution >= 0.6 is 24.8 Å².